The summed E-state index contributed by atoms with van der Waals surface area (Å²) in [5, 5.41) is 11.7. The molecule has 0 aliphatic carbocycles. The molecule has 0 atom stereocenters. The Balaban J connectivity index is 1.32. The van der Waals surface area contributed by atoms with Crippen LogP contribution < -0.4 is 4.90 Å². The second-order valence-corrected chi connectivity index (χ2v) is 10.5. The summed E-state index contributed by atoms with van der Waals surface area (Å²) < 4.78 is 27.5. The van der Waals surface area contributed by atoms with Crippen molar-refractivity contribution < 1.29 is 8.42 Å². The smallest absolute Gasteiger partial charge is 0.244 e. The van der Waals surface area contributed by atoms with Gasteiger partial charge in [0.05, 0.1) is 10.7 Å². The molecule has 0 radical (unpaired) electrons. The summed E-state index contributed by atoms with van der Waals surface area (Å²) in [6, 6.07) is 22.7. The minimum atomic E-state index is -3.73. The number of fused-ring (bicyclic) bond motifs is 1. The van der Waals surface area contributed by atoms with Gasteiger partial charge in [-0.15, -0.1) is 10.2 Å². The van der Waals surface area contributed by atoms with Gasteiger partial charge in [-0.3, -0.25) is 0 Å². The Labute approximate surface area is 202 Å². The maximum Gasteiger partial charge on any atom is 0.244 e. The molecule has 0 N–H and O–H groups in total. The van der Waals surface area contributed by atoms with Crippen LogP contribution >= 0.6 is 23.2 Å². The number of halogens is 2. The van der Waals surface area contributed by atoms with Crippen molar-refractivity contribution in [3.05, 3.63) is 82.8 Å². The lowest BCUT2D eigenvalue weighted by Crippen LogP contribution is -2.49. The van der Waals surface area contributed by atoms with Gasteiger partial charge in [-0.2, -0.15) is 4.31 Å². The normalized spacial score (nSPS) is 15.2. The molecule has 1 aromatic heterocycles. The van der Waals surface area contributed by atoms with Crippen LogP contribution in [0.1, 0.15) is 0 Å². The van der Waals surface area contributed by atoms with Crippen LogP contribution in [0.15, 0.2) is 77.7 Å². The Morgan fingerprint density at radius 3 is 2.30 bits per heavy atom. The standard InChI is InChI=1S/C24H20Cl2N4O2S/c25-18-8-9-21(26)23(16-18)33(31,32)30-14-12-29(13-15-30)24-11-10-22(27-28-24)20-7-3-5-17-4-1-2-6-19(17)20/h1-11,16H,12-15H2. The Kier molecular flexibility index (Phi) is 5.97. The third kappa shape index (κ3) is 4.29. The molecule has 1 aliphatic heterocycles. The summed E-state index contributed by atoms with van der Waals surface area (Å²) >= 11 is 12.1. The lowest BCUT2D eigenvalue weighted by molar-refractivity contribution is 0.383. The minimum absolute atomic E-state index is 0.0318. The van der Waals surface area contributed by atoms with Crippen molar-refractivity contribution in [1.82, 2.24) is 14.5 Å². The quantitative estimate of drug-likeness (QED) is 0.390. The molecule has 33 heavy (non-hydrogen) atoms. The molecule has 1 saturated heterocycles. The van der Waals surface area contributed by atoms with E-state index in [0.29, 0.717) is 31.2 Å². The molecule has 5 rings (SSSR count). The van der Waals surface area contributed by atoms with Gasteiger partial charge in [-0.05, 0) is 41.1 Å². The van der Waals surface area contributed by atoms with E-state index in [1.54, 1.807) is 6.07 Å². The van der Waals surface area contributed by atoms with Crippen molar-refractivity contribution in [2.24, 2.45) is 0 Å². The van der Waals surface area contributed by atoms with Crippen molar-refractivity contribution in [2.75, 3.05) is 31.1 Å². The average Bonchev–Trinajstić information content (AvgIpc) is 2.85. The van der Waals surface area contributed by atoms with Crippen LogP contribution in [0.4, 0.5) is 5.82 Å². The molecular weight excluding hydrogens is 479 g/mol. The molecule has 1 fully saturated rings. The number of sulfonamides is 1. The van der Waals surface area contributed by atoms with E-state index in [1.807, 2.05) is 41.3 Å². The van der Waals surface area contributed by atoms with Crippen molar-refractivity contribution >= 4 is 49.8 Å². The highest BCUT2D eigenvalue weighted by atomic mass is 35.5. The van der Waals surface area contributed by atoms with Crippen LogP contribution in [0, 0.1) is 0 Å². The third-order valence-electron chi connectivity index (χ3n) is 5.79. The van der Waals surface area contributed by atoms with Gasteiger partial charge in [-0.1, -0.05) is 65.7 Å². The zero-order valence-electron chi connectivity index (χ0n) is 17.5. The van der Waals surface area contributed by atoms with E-state index in [-0.39, 0.29) is 9.92 Å². The van der Waals surface area contributed by atoms with Crippen LogP contribution in [-0.4, -0.2) is 49.1 Å². The lowest BCUT2D eigenvalue weighted by atomic mass is 10.0. The molecule has 6 nitrogen and oxygen atoms in total. The predicted molar refractivity (Wildman–Crippen MR) is 132 cm³/mol. The van der Waals surface area contributed by atoms with E-state index in [2.05, 4.69) is 28.4 Å². The fraction of sp³-hybridized carbons (Fsp3) is 0.167. The molecule has 0 spiro atoms. The van der Waals surface area contributed by atoms with Crippen LogP contribution in [-0.2, 0) is 10.0 Å². The number of anilines is 1. The molecule has 4 aromatic rings. The first-order chi connectivity index (χ1) is 15.9. The first kappa shape index (κ1) is 22.1. The van der Waals surface area contributed by atoms with Gasteiger partial charge in [0.1, 0.15) is 4.90 Å². The summed E-state index contributed by atoms with van der Waals surface area (Å²) in [4.78, 5) is 2.07. The minimum Gasteiger partial charge on any atom is -0.352 e. The summed E-state index contributed by atoms with van der Waals surface area (Å²) in [7, 11) is -3.73. The summed E-state index contributed by atoms with van der Waals surface area (Å²) in [5.41, 5.74) is 1.83. The molecule has 3 aromatic carbocycles. The van der Waals surface area contributed by atoms with Crippen molar-refractivity contribution in [2.45, 2.75) is 4.90 Å². The van der Waals surface area contributed by atoms with E-state index in [4.69, 9.17) is 23.2 Å². The van der Waals surface area contributed by atoms with Crippen molar-refractivity contribution in [1.29, 1.82) is 0 Å². The number of hydrogen-bond acceptors (Lipinski definition) is 5. The van der Waals surface area contributed by atoms with Crippen molar-refractivity contribution in [3.8, 4) is 11.3 Å². The summed E-state index contributed by atoms with van der Waals surface area (Å²) in [6.45, 7) is 1.63. The second-order valence-electron chi connectivity index (χ2n) is 7.77. The number of nitrogens with zero attached hydrogens (tertiary/aromatic N) is 4. The van der Waals surface area contributed by atoms with Gasteiger partial charge in [0.15, 0.2) is 5.82 Å². The van der Waals surface area contributed by atoms with Gasteiger partial charge < -0.3 is 4.90 Å². The summed E-state index contributed by atoms with van der Waals surface area (Å²) in [5.74, 6) is 0.719. The van der Waals surface area contributed by atoms with E-state index < -0.39 is 10.0 Å². The molecular formula is C24H20Cl2N4O2S. The number of hydrogen-bond donors (Lipinski definition) is 0. The molecule has 0 amide bonds. The molecule has 9 heteroatoms. The number of benzene rings is 3. The third-order valence-corrected chi connectivity index (χ3v) is 8.41. The molecule has 1 aliphatic rings. The van der Waals surface area contributed by atoms with Crippen LogP contribution in [0.25, 0.3) is 22.0 Å². The zero-order chi connectivity index (χ0) is 23.0. The van der Waals surface area contributed by atoms with Gasteiger partial charge in [0.2, 0.25) is 10.0 Å². The number of rotatable bonds is 4. The van der Waals surface area contributed by atoms with E-state index in [1.165, 1.54) is 16.4 Å². The molecule has 0 saturated carbocycles. The molecule has 0 bridgehead atoms. The zero-order valence-corrected chi connectivity index (χ0v) is 19.9. The van der Waals surface area contributed by atoms with Gasteiger partial charge in [0, 0.05) is 36.8 Å². The fourth-order valence-electron chi connectivity index (χ4n) is 4.06. The largest absolute Gasteiger partial charge is 0.352 e. The highest BCUT2D eigenvalue weighted by Gasteiger charge is 2.30. The Bertz CT molecular complexity index is 1420. The highest BCUT2D eigenvalue weighted by molar-refractivity contribution is 7.89. The van der Waals surface area contributed by atoms with Crippen LogP contribution in [0.5, 0.6) is 0 Å². The lowest BCUT2D eigenvalue weighted by Gasteiger charge is -2.34. The van der Waals surface area contributed by atoms with Gasteiger partial charge in [-0.25, -0.2) is 8.42 Å². The number of piperazine rings is 1. The SMILES string of the molecule is O=S(=O)(c1cc(Cl)ccc1Cl)N1CCN(c2ccc(-c3cccc4ccccc34)nn2)CC1. The van der Waals surface area contributed by atoms with Gasteiger partial charge in [0.25, 0.3) is 0 Å². The van der Waals surface area contributed by atoms with E-state index in [0.717, 1.165) is 27.8 Å². The second kappa shape index (κ2) is 8.91. The monoisotopic (exact) mass is 498 g/mol. The van der Waals surface area contributed by atoms with Crippen molar-refractivity contribution in [3.63, 3.8) is 0 Å². The topological polar surface area (TPSA) is 66.4 Å². The first-order valence-corrected chi connectivity index (χ1v) is 12.6. The van der Waals surface area contributed by atoms with Crippen LogP contribution in [0.2, 0.25) is 10.0 Å². The van der Waals surface area contributed by atoms with Gasteiger partial charge >= 0.3 is 0 Å². The molecule has 0 unspecified atom stereocenters. The maximum atomic E-state index is 13.0. The number of aromatic nitrogens is 2. The Hall–Kier alpha value is -2.71. The summed E-state index contributed by atoms with van der Waals surface area (Å²) in [6.07, 6.45) is 0. The maximum absolute atomic E-state index is 13.0. The molecule has 2 heterocycles. The predicted octanol–water partition coefficient (Wildman–Crippen LogP) is 5.11. The Morgan fingerprint density at radius 1 is 0.788 bits per heavy atom. The Morgan fingerprint density at radius 2 is 1.55 bits per heavy atom. The van der Waals surface area contributed by atoms with E-state index >= 15 is 0 Å². The van der Waals surface area contributed by atoms with E-state index in [9.17, 15) is 8.42 Å². The molecule has 168 valence electrons. The first-order valence-electron chi connectivity index (χ1n) is 10.5. The fourth-order valence-corrected chi connectivity index (χ4v) is 6.22. The highest BCUT2D eigenvalue weighted by Crippen LogP contribution is 2.30. The average molecular weight is 499 g/mol. The van der Waals surface area contributed by atoms with Crippen LogP contribution in [0.3, 0.4) is 0 Å².